The molecule has 0 aromatic heterocycles. The zero-order valence-electron chi connectivity index (χ0n) is 15.5. The van der Waals surface area contributed by atoms with Crippen molar-refractivity contribution in [2.45, 2.75) is 25.2 Å². The number of hydrogen-bond acceptors (Lipinski definition) is 2. The molecule has 0 unspecified atom stereocenters. The van der Waals surface area contributed by atoms with Gasteiger partial charge in [-0.25, -0.2) is 4.79 Å². The number of hydrogen-bond donors (Lipinski definition) is 1. The summed E-state index contributed by atoms with van der Waals surface area (Å²) in [5.74, 6) is -0.587. The van der Waals surface area contributed by atoms with Gasteiger partial charge in [-0.1, -0.05) is 60.7 Å². The van der Waals surface area contributed by atoms with Gasteiger partial charge in [-0.05, 0) is 34.9 Å². The van der Waals surface area contributed by atoms with Gasteiger partial charge < -0.3 is 5.32 Å². The lowest BCUT2D eigenvalue weighted by atomic mass is 9.87. The van der Waals surface area contributed by atoms with Gasteiger partial charge in [0.2, 0.25) is 0 Å². The van der Waals surface area contributed by atoms with Crippen LogP contribution in [0.15, 0.2) is 66.7 Å². The summed E-state index contributed by atoms with van der Waals surface area (Å²) in [5.41, 5.74) is -1.77. The molecule has 1 aliphatic heterocycles. The third kappa shape index (κ3) is 3.12. The lowest BCUT2D eigenvalue weighted by Gasteiger charge is -2.24. The molecule has 1 fully saturated rings. The summed E-state index contributed by atoms with van der Waals surface area (Å²) < 4.78 is 39.9. The van der Waals surface area contributed by atoms with Crippen molar-refractivity contribution in [3.63, 3.8) is 0 Å². The number of carbonyl (C=O) groups excluding carboxylic acids is 2. The number of amides is 3. The first-order valence-electron chi connectivity index (χ1n) is 8.99. The van der Waals surface area contributed by atoms with E-state index in [1.165, 1.54) is 18.2 Å². The predicted molar refractivity (Wildman–Crippen MR) is 102 cm³/mol. The number of carbonyl (C=O) groups is 2. The highest BCUT2D eigenvalue weighted by molar-refractivity contribution is 6.09. The van der Waals surface area contributed by atoms with Crippen molar-refractivity contribution in [3.05, 3.63) is 83.4 Å². The minimum Gasteiger partial charge on any atom is -0.319 e. The Morgan fingerprint density at radius 2 is 1.59 bits per heavy atom. The van der Waals surface area contributed by atoms with Gasteiger partial charge in [0.05, 0.1) is 12.1 Å². The van der Waals surface area contributed by atoms with Crippen LogP contribution in [0.5, 0.6) is 0 Å². The molecule has 0 aliphatic carbocycles. The van der Waals surface area contributed by atoms with Gasteiger partial charge in [0.15, 0.2) is 0 Å². The van der Waals surface area contributed by atoms with Crippen molar-refractivity contribution in [2.75, 3.05) is 0 Å². The molecule has 0 bridgehead atoms. The summed E-state index contributed by atoms with van der Waals surface area (Å²) in [5, 5.41) is 4.37. The SMILES string of the molecule is C[C@@]1(c2cccc3ccccc23)NC(=O)N(Cc2ccccc2C(F)(F)F)C1=O. The van der Waals surface area contributed by atoms with Gasteiger partial charge >= 0.3 is 12.2 Å². The van der Waals surface area contributed by atoms with Gasteiger partial charge in [-0.3, -0.25) is 9.69 Å². The molecule has 1 saturated heterocycles. The Labute approximate surface area is 164 Å². The average molecular weight is 398 g/mol. The molecule has 1 atom stereocenters. The second kappa shape index (κ2) is 6.62. The number of alkyl halides is 3. The summed E-state index contributed by atoms with van der Waals surface area (Å²) >= 11 is 0. The summed E-state index contributed by atoms with van der Waals surface area (Å²) in [6.07, 6.45) is -4.57. The lowest BCUT2D eigenvalue weighted by molar-refractivity contribution is -0.139. The van der Waals surface area contributed by atoms with Crippen molar-refractivity contribution in [1.29, 1.82) is 0 Å². The molecule has 1 N–H and O–H groups in total. The number of nitrogens with one attached hydrogen (secondary N) is 1. The molecule has 0 spiro atoms. The fourth-order valence-corrected chi connectivity index (χ4v) is 3.79. The number of fused-ring (bicyclic) bond motifs is 1. The van der Waals surface area contributed by atoms with Gasteiger partial charge in [0.1, 0.15) is 5.54 Å². The number of urea groups is 1. The van der Waals surface area contributed by atoms with Gasteiger partial charge in [-0.2, -0.15) is 13.2 Å². The molecule has 3 amide bonds. The molecule has 148 valence electrons. The molecular formula is C22H17F3N2O2. The van der Waals surface area contributed by atoms with E-state index < -0.39 is 35.8 Å². The second-order valence-electron chi connectivity index (χ2n) is 7.13. The van der Waals surface area contributed by atoms with E-state index in [-0.39, 0.29) is 5.56 Å². The molecule has 4 nitrogen and oxygen atoms in total. The van der Waals surface area contributed by atoms with Crippen molar-refractivity contribution < 1.29 is 22.8 Å². The maximum atomic E-state index is 13.3. The second-order valence-corrected chi connectivity index (χ2v) is 7.13. The van der Waals surface area contributed by atoms with Crippen LogP contribution in [0.2, 0.25) is 0 Å². The molecule has 0 saturated carbocycles. The summed E-state index contributed by atoms with van der Waals surface area (Å²) in [4.78, 5) is 26.6. The minimum atomic E-state index is -4.57. The number of benzene rings is 3. The minimum absolute atomic E-state index is 0.134. The van der Waals surface area contributed by atoms with E-state index >= 15 is 0 Å². The van der Waals surface area contributed by atoms with E-state index in [2.05, 4.69) is 5.32 Å². The highest BCUT2D eigenvalue weighted by atomic mass is 19.4. The largest absolute Gasteiger partial charge is 0.416 e. The summed E-state index contributed by atoms with van der Waals surface area (Å²) in [7, 11) is 0. The van der Waals surface area contributed by atoms with Crippen LogP contribution < -0.4 is 5.32 Å². The molecule has 0 radical (unpaired) electrons. The fourth-order valence-electron chi connectivity index (χ4n) is 3.79. The van der Waals surface area contributed by atoms with Crippen molar-refractivity contribution in [1.82, 2.24) is 10.2 Å². The first-order valence-corrected chi connectivity index (χ1v) is 8.99. The van der Waals surface area contributed by atoms with Gasteiger partial charge in [0.25, 0.3) is 5.91 Å². The zero-order chi connectivity index (χ0) is 20.8. The van der Waals surface area contributed by atoms with Crippen LogP contribution in [0.1, 0.15) is 23.6 Å². The zero-order valence-corrected chi connectivity index (χ0v) is 15.5. The van der Waals surface area contributed by atoms with E-state index in [1.807, 2.05) is 30.3 Å². The van der Waals surface area contributed by atoms with E-state index in [0.29, 0.717) is 5.56 Å². The van der Waals surface area contributed by atoms with Crippen LogP contribution in [-0.4, -0.2) is 16.8 Å². The highest BCUT2D eigenvalue weighted by Crippen LogP contribution is 2.36. The molecule has 3 aromatic carbocycles. The third-order valence-electron chi connectivity index (χ3n) is 5.25. The molecule has 3 aromatic rings. The maximum Gasteiger partial charge on any atom is 0.416 e. The van der Waals surface area contributed by atoms with Crippen LogP contribution in [-0.2, 0) is 23.1 Å². The van der Waals surface area contributed by atoms with Crippen LogP contribution in [0.3, 0.4) is 0 Å². The molecule has 1 heterocycles. The standard InChI is InChI=1S/C22H17F3N2O2/c1-21(18-12-6-9-14-7-2-4-10-16(14)18)19(28)27(20(29)26-21)13-15-8-3-5-11-17(15)22(23,24)25/h2-12H,13H2,1H3,(H,26,29)/t21-/m0/s1. The normalized spacial score (nSPS) is 19.7. The van der Waals surface area contributed by atoms with E-state index in [9.17, 15) is 22.8 Å². The number of halogens is 3. The Morgan fingerprint density at radius 3 is 2.34 bits per heavy atom. The maximum absolute atomic E-state index is 13.3. The number of nitrogens with zero attached hydrogens (tertiary/aromatic N) is 1. The van der Waals surface area contributed by atoms with Crippen LogP contribution in [0, 0.1) is 0 Å². The van der Waals surface area contributed by atoms with Crippen molar-refractivity contribution in [3.8, 4) is 0 Å². The van der Waals surface area contributed by atoms with Crippen LogP contribution >= 0.6 is 0 Å². The van der Waals surface area contributed by atoms with Crippen molar-refractivity contribution in [2.24, 2.45) is 0 Å². The van der Waals surface area contributed by atoms with E-state index in [0.717, 1.165) is 21.7 Å². The molecule has 29 heavy (non-hydrogen) atoms. The van der Waals surface area contributed by atoms with E-state index in [1.54, 1.807) is 19.1 Å². The fraction of sp³-hybridized carbons (Fsp3) is 0.182. The lowest BCUT2D eigenvalue weighted by Crippen LogP contribution is -2.41. The number of rotatable bonds is 3. The van der Waals surface area contributed by atoms with E-state index in [4.69, 9.17) is 0 Å². The Morgan fingerprint density at radius 1 is 0.931 bits per heavy atom. The molecule has 4 rings (SSSR count). The van der Waals surface area contributed by atoms with Crippen LogP contribution in [0.25, 0.3) is 10.8 Å². The smallest absolute Gasteiger partial charge is 0.319 e. The molecular weight excluding hydrogens is 381 g/mol. The number of imide groups is 1. The highest BCUT2D eigenvalue weighted by Gasteiger charge is 2.50. The summed E-state index contributed by atoms with van der Waals surface area (Å²) in [6.45, 7) is 1.12. The van der Waals surface area contributed by atoms with Crippen LogP contribution in [0.4, 0.5) is 18.0 Å². The monoisotopic (exact) mass is 398 g/mol. The Hall–Kier alpha value is -3.35. The quantitative estimate of drug-likeness (QED) is 0.643. The third-order valence-corrected chi connectivity index (χ3v) is 5.25. The average Bonchev–Trinajstić information content (AvgIpc) is 2.91. The van der Waals surface area contributed by atoms with Crippen molar-refractivity contribution >= 4 is 22.7 Å². The first kappa shape index (κ1) is 19.0. The van der Waals surface area contributed by atoms with Gasteiger partial charge in [-0.15, -0.1) is 0 Å². The topological polar surface area (TPSA) is 49.4 Å². The first-order chi connectivity index (χ1) is 13.7. The Bertz CT molecular complexity index is 1120. The molecule has 7 heteroatoms. The van der Waals surface area contributed by atoms with Gasteiger partial charge in [0, 0.05) is 0 Å². The predicted octanol–water partition coefficient (Wildman–Crippen LogP) is 4.83. The Kier molecular flexibility index (Phi) is 4.33. The molecule has 1 aliphatic rings. The Balaban J connectivity index is 1.73. The summed E-state index contributed by atoms with van der Waals surface area (Å²) in [6, 6.07) is 17.1.